The molecule has 5 heteroatoms. The molecule has 1 heterocycles. The van der Waals surface area contributed by atoms with E-state index in [1.165, 1.54) is 10.4 Å². The van der Waals surface area contributed by atoms with E-state index in [4.69, 9.17) is 16.6 Å². The number of aryl methyl sites for hydroxylation is 2. The SMILES string of the molecule is Cc1cccc(Nc2nc(-c3ccc(Cl)cc3)c(C)s2)c1.Cl. The molecule has 2 aromatic carbocycles. The minimum Gasteiger partial charge on any atom is -0.332 e. The number of benzene rings is 2. The summed E-state index contributed by atoms with van der Waals surface area (Å²) in [7, 11) is 0. The molecule has 0 spiro atoms. The molecule has 0 saturated heterocycles. The Labute approximate surface area is 145 Å². The fourth-order valence-electron chi connectivity index (χ4n) is 2.17. The highest BCUT2D eigenvalue weighted by molar-refractivity contribution is 7.16. The summed E-state index contributed by atoms with van der Waals surface area (Å²) in [5.41, 5.74) is 4.38. The summed E-state index contributed by atoms with van der Waals surface area (Å²) in [4.78, 5) is 5.89. The Kier molecular flexibility index (Phi) is 5.46. The van der Waals surface area contributed by atoms with Gasteiger partial charge in [0.05, 0.1) is 5.69 Å². The van der Waals surface area contributed by atoms with Crippen molar-refractivity contribution in [2.75, 3.05) is 5.32 Å². The molecule has 3 aromatic rings. The van der Waals surface area contributed by atoms with Gasteiger partial charge >= 0.3 is 0 Å². The number of hydrogen-bond donors (Lipinski definition) is 1. The van der Waals surface area contributed by atoms with Crippen LogP contribution < -0.4 is 5.32 Å². The Bertz CT molecular complexity index is 767. The number of halogens is 2. The number of nitrogens with one attached hydrogen (secondary N) is 1. The molecule has 0 fully saturated rings. The number of thiazole rings is 1. The van der Waals surface area contributed by atoms with Crippen LogP contribution in [0.5, 0.6) is 0 Å². The summed E-state index contributed by atoms with van der Waals surface area (Å²) in [6.07, 6.45) is 0. The van der Waals surface area contributed by atoms with Crippen LogP contribution in [0.15, 0.2) is 48.5 Å². The van der Waals surface area contributed by atoms with Gasteiger partial charge in [-0.1, -0.05) is 35.9 Å². The molecular weight excluding hydrogens is 335 g/mol. The molecule has 0 bridgehead atoms. The van der Waals surface area contributed by atoms with Gasteiger partial charge in [0.25, 0.3) is 0 Å². The van der Waals surface area contributed by atoms with E-state index in [0.29, 0.717) is 0 Å². The second kappa shape index (κ2) is 7.14. The normalized spacial score (nSPS) is 10.1. The van der Waals surface area contributed by atoms with E-state index < -0.39 is 0 Å². The Morgan fingerprint density at radius 1 is 1.05 bits per heavy atom. The third-order valence-electron chi connectivity index (χ3n) is 3.18. The van der Waals surface area contributed by atoms with E-state index in [1.807, 2.05) is 36.4 Å². The van der Waals surface area contributed by atoms with Crippen LogP contribution in [0.2, 0.25) is 5.02 Å². The van der Waals surface area contributed by atoms with Crippen molar-refractivity contribution >= 4 is 46.2 Å². The first-order chi connectivity index (χ1) is 10.1. The molecule has 0 amide bonds. The van der Waals surface area contributed by atoms with E-state index in [9.17, 15) is 0 Å². The molecule has 114 valence electrons. The standard InChI is InChI=1S/C17H15ClN2S.ClH/c1-11-4-3-5-15(10-11)19-17-20-16(12(2)21-17)13-6-8-14(18)9-7-13;/h3-10H,1-2H3,(H,19,20);1H. The molecule has 1 N–H and O–H groups in total. The summed E-state index contributed by atoms with van der Waals surface area (Å²) < 4.78 is 0. The maximum atomic E-state index is 5.94. The molecule has 1 aromatic heterocycles. The average molecular weight is 351 g/mol. The van der Waals surface area contributed by atoms with Gasteiger partial charge in [-0.2, -0.15) is 0 Å². The number of rotatable bonds is 3. The molecule has 0 aliphatic carbocycles. The van der Waals surface area contributed by atoms with Gasteiger partial charge in [0, 0.05) is 21.2 Å². The van der Waals surface area contributed by atoms with Gasteiger partial charge < -0.3 is 5.32 Å². The maximum Gasteiger partial charge on any atom is 0.187 e. The molecular formula is C17H16Cl2N2S. The van der Waals surface area contributed by atoms with Gasteiger partial charge in [0.2, 0.25) is 0 Å². The van der Waals surface area contributed by atoms with Crippen molar-refractivity contribution in [3.63, 3.8) is 0 Å². The van der Waals surface area contributed by atoms with Gasteiger partial charge in [-0.05, 0) is 43.7 Å². The maximum absolute atomic E-state index is 5.94. The first-order valence-electron chi connectivity index (χ1n) is 6.69. The van der Waals surface area contributed by atoms with Crippen molar-refractivity contribution in [1.82, 2.24) is 4.98 Å². The van der Waals surface area contributed by atoms with Crippen LogP contribution in [-0.2, 0) is 0 Å². The fraction of sp³-hybridized carbons (Fsp3) is 0.118. The number of nitrogens with zero attached hydrogens (tertiary/aromatic N) is 1. The van der Waals surface area contributed by atoms with Crippen LogP contribution in [-0.4, -0.2) is 4.98 Å². The third-order valence-corrected chi connectivity index (χ3v) is 4.32. The predicted molar refractivity (Wildman–Crippen MR) is 99.0 cm³/mol. The summed E-state index contributed by atoms with van der Waals surface area (Å²) >= 11 is 7.59. The van der Waals surface area contributed by atoms with Crippen LogP contribution in [0.1, 0.15) is 10.4 Å². The molecule has 0 radical (unpaired) electrons. The molecule has 0 unspecified atom stereocenters. The number of anilines is 2. The summed E-state index contributed by atoms with van der Waals surface area (Å²) in [6, 6.07) is 16.1. The van der Waals surface area contributed by atoms with E-state index in [1.54, 1.807) is 11.3 Å². The zero-order valence-corrected chi connectivity index (χ0v) is 14.6. The van der Waals surface area contributed by atoms with Crippen molar-refractivity contribution < 1.29 is 0 Å². The lowest BCUT2D eigenvalue weighted by molar-refractivity contribution is 1.35. The highest BCUT2D eigenvalue weighted by atomic mass is 35.5. The lowest BCUT2D eigenvalue weighted by Crippen LogP contribution is -1.89. The second-order valence-corrected chi connectivity index (χ2v) is 6.56. The van der Waals surface area contributed by atoms with Crippen LogP contribution >= 0.6 is 35.3 Å². The first kappa shape index (κ1) is 16.8. The summed E-state index contributed by atoms with van der Waals surface area (Å²) in [6.45, 7) is 4.17. The van der Waals surface area contributed by atoms with E-state index in [0.717, 1.165) is 27.1 Å². The Morgan fingerprint density at radius 3 is 2.45 bits per heavy atom. The predicted octanol–water partition coefficient (Wildman–Crippen LogP) is 6.25. The molecule has 0 atom stereocenters. The highest BCUT2D eigenvalue weighted by Crippen LogP contribution is 2.32. The summed E-state index contributed by atoms with van der Waals surface area (Å²) in [5, 5.41) is 5.01. The second-order valence-electron chi connectivity index (χ2n) is 4.93. The van der Waals surface area contributed by atoms with E-state index in [2.05, 4.69) is 31.3 Å². The lowest BCUT2D eigenvalue weighted by atomic mass is 10.1. The van der Waals surface area contributed by atoms with Crippen molar-refractivity contribution in [1.29, 1.82) is 0 Å². The minimum atomic E-state index is 0. The topological polar surface area (TPSA) is 24.9 Å². The van der Waals surface area contributed by atoms with Gasteiger partial charge in [-0.3, -0.25) is 0 Å². The van der Waals surface area contributed by atoms with E-state index >= 15 is 0 Å². The Balaban J connectivity index is 0.00000176. The van der Waals surface area contributed by atoms with Crippen molar-refractivity contribution in [2.45, 2.75) is 13.8 Å². The quantitative estimate of drug-likeness (QED) is 0.604. The van der Waals surface area contributed by atoms with Gasteiger partial charge in [-0.15, -0.1) is 23.7 Å². The van der Waals surface area contributed by atoms with Crippen LogP contribution in [0.25, 0.3) is 11.3 Å². The third kappa shape index (κ3) is 3.80. The Hall–Kier alpha value is -1.55. The monoisotopic (exact) mass is 350 g/mol. The highest BCUT2D eigenvalue weighted by Gasteiger charge is 2.10. The molecule has 0 aliphatic rings. The number of aromatic nitrogens is 1. The smallest absolute Gasteiger partial charge is 0.187 e. The molecule has 3 rings (SSSR count). The van der Waals surface area contributed by atoms with Crippen molar-refractivity contribution in [3.8, 4) is 11.3 Å². The van der Waals surface area contributed by atoms with Crippen LogP contribution in [0.3, 0.4) is 0 Å². The van der Waals surface area contributed by atoms with Crippen LogP contribution in [0.4, 0.5) is 10.8 Å². The lowest BCUT2D eigenvalue weighted by Gasteiger charge is -2.03. The number of hydrogen-bond acceptors (Lipinski definition) is 3. The fourth-order valence-corrected chi connectivity index (χ4v) is 3.15. The molecule has 0 saturated carbocycles. The van der Waals surface area contributed by atoms with Gasteiger partial charge in [0.15, 0.2) is 5.13 Å². The van der Waals surface area contributed by atoms with Crippen LogP contribution in [0, 0.1) is 13.8 Å². The van der Waals surface area contributed by atoms with Gasteiger partial charge in [-0.25, -0.2) is 4.98 Å². The largest absolute Gasteiger partial charge is 0.332 e. The summed E-state index contributed by atoms with van der Waals surface area (Å²) in [5.74, 6) is 0. The first-order valence-corrected chi connectivity index (χ1v) is 7.88. The van der Waals surface area contributed by atoms with Crippen molar-refractivity contribution in [2.24, 2.45) is 0 Å². The molecule has 2 nitrogen and oxygen atoms in total. The minimum absolute atomic E-state index is 0. The zero-order chi connectivity index (χ0) is 14.8. The zero-order valence-electron chi connectivity index (χ0n) is 12.3. The van der Waals surface area contributed by atoms with Crippen molar-refractivity contribution in [3.05, 3.63) is 64.0 Å². The average Bonchev–Trinajstić information content (AvgIpc) is 2.80. The molecule has 22 heavy (non-hydrogen) atoms. The van der Waals surface area contributed by atoms with E-state index in [-0.39, 0.29) is 12.4 Å². The van der Waals surface area contributed by atoms with Gasteiger partial charge in [0.1, 0.15) is 0 Å². The molecule has 0 aliphatic heterocycles. The Morgan fingerprint density at radius 2 is 1.77 bits per heavy atom.